The van der Waals surface area contributed by atoms with Gasteiger partial charge in [0.25, 0.3) is 0 Å². The standard InChI is InChI=1S/C59H54N3.Ir/c1-42-41-62-58(39-55(42)53-14-10-13-52(38-53)48-11-4-5-12-48)51-29-31-54(32-30-51)59(2,3)40-47-36-45(19-17-43-21-25-49(26-22-43)56-15-6-8-33-60-56)35-46(37-47)20-18-44-23-27-50(28-24-44)57-16-7-9-34-61-57;/h6-10,13-16,21-25,27,29,31-39,41,48H,4-5,11-12,17-20,40H2,1-3H3;/q-3;+3/i1D3,17D2,18D2,19D2,20D2;. The molecule has 63 heavy (non-hydrogen) atoms. The molecule has 1 aliphatic carbocycles. The minimum Gasteiger partial charge on any atom is -0.305 e. The Kier molecular flexibility index (Phi) is 10.2. The Hall–Kier alpha value is -5.80. The van der Waals surface area contributed by atoms with Crippen molar-refractivity contribution in [1.29, 1.82) is 0 Å². The van der Waals surface area contributed by atoms with Gasteiger partial charge in [0.2, 0.25) is 0 Å². The third kappa shape index (κ3) is 10.9. The summed E-state index contributed by atoms with van der Waals surface area (Å²) in [6.45, 7) is 1.58. The maximum Gasteiger partial charge on any atom is 3.00 e. The van der Waals surface area contributed by atoms with Crippen molar-refractivity contribution in [3.8, 4) is 44.9 Å². The van der Waals surface area contributed by atoms with Gasteiger partial charge in [-0.3, -0.25) is 0 Å². The minimum absolute atomic E-state index is 0. The molecular formula is C59H54IrN3. The first-order chi connectivity index (χ1) is 34.6. The van der Waals surface area contributed by atoms with Crippen molar-refractivity contribution in [2.45, 2.75) is 89.6 Å². The summed E-state index contributed by atoms with van der Waals surface area (Å²) in [6, 6.07) is 49.4. The Balaban J connectivity index is 0.00000729. The predicted molar refractivity (Wildman–Crippen MR) is 255 cm³/mol. The summed E-state index contributed by atoms with van der Waals surface area (Å²) in [4.78, 5) is 13.3. The number of aromatic nitrogens is 3. The average molecular weight is 1010 g/mol. The Morgan fingerprint density at radius 1 is 0.587 bits per heavy atom. The van der Waals surface area contributed by atoms with Crippen LogP contribution in [-0.4, -0.2) is 15.0 Å². The number of hydrogen-bond donors (Lipinski definition) is 0. The van der Waals surface area contributed by atoms with Crippen molar-refractivity contribution in [2.75, 3.05) is 0 Å². The molecule has 9 rings (SSSR count). The molecule has 0 N–H and O–H groups in total. The molecule has 3 nitrogen and oxygen atoms in total. The van der Waals surface area contributed by atoms with Crippen molar-refractivity contribution < 1.29 is 35.2 Å². The molecule has 0 spiro atoms. The molecule has 3 aromatic heterocycles. The van der Waals surface area contributed by atoms with E-state index in [-0.39, 0.29) is 54.3 Å². The summed E-state index contributed by atoms with van der Waals surface area (Å²) < 4.78 is 100. The number of pyridine rings is 3. The monoisotopic (exact) mass is 1010 g/mol. The van der Waals surface area contributed by atoms with Crippen molar-refractivity contribution in [3.05, 3.63) is 221 Å². The van der Waals surface area contributed by atoms with Crippen LogP contribution in [0.3, 0.4) is 0 Å². The Morgan fingerprint density at radius 3 is 1.73 bits per heavy atom. The Labute approximate surface area is 404 Å². The molecule has 1 fully saturated rings. The fraction of sp³-hybridized carbons (Fsp3) is 0.237. The van der Waals surface area contributed by atoms with Gasteiger partial charge in [-0.1, -0.05) is 112 Å². The zero-order valence-electron chi connectivity index (χ0n) is 46.3. The van der Waals surface area contributed by atoms with E-state index < -0.39 is 37.8 Å². The summed E-state index contributed by atoms with van der Waals surface area (Å²) in [5.41, 5.74) is 6.71. The molecule has 0 amide bonds. The van der Waals surface area contributed by atoms with E-state index in [1.807, 2.05) is 62.4 Å². The van der Waals surface area contributed by atoms with Crippen molar-refractivity contribution in [2.24, 2.45) is 0 Å². The minimum atomic E-state index is -2.77. The number of aryl methyl sites for hydroxylation is 5. The molecule has 0 unspecified atom stereocenters. The number of nitrogens with zero attached hydrogens (tertiary/aromatic N) is 3. The maximum atomic E-state index is 9.51. The van der Waals surface area contributed by atoms with E-state index in [0.29, 0.717) is 50.8 Å². The molecule has 8 aromatic rings. The summed E-state index contributed by atoms with van der Waals surface area (Å²) in [5, 5.41) is 0. The van der Waals surface area contributed by atoms with Crippen molar-refractivity contribution in [3.63, 3.8) is 0 Å². The van der Waals surface area contributed by atoms with Gasteiger partial charge in [-0.05, 0) is 118 Å². The molecule has 0 aliphatic heterocycles. The number of rotatable bonds is 14. The van der Waals surface area contributed by atoms with Gasteiger partial charge in [0.1, 0.15) is 0 Å². The van der Waals surface area contributed by atoms with Crippen LogP contribution in [0, 0.1) is 25.1 Å². The Morgan fingerprint density at radius 2 is 1.17 bits per heavy atom. The molecular weight excluding hydrogens is 943 g/mol. The van der Waals surface area contributed by atoms with Gasteiger partial charge < -0.3 is 15.0 Å². The quantitative estimate of drug-likeness (QED) is 0.102. The van der Waals surface area contributed by atoms with Crippen LogP contribution in [0.4, 0.5) is 0 Å². The Bertz CT molecular complexity index is 3090. The van der Waals surface area contributed by atoms with Crippen LogP contribution in [0.15, 0.2) is 158 Å². The predicted octanol–water partition coefficient (Wildman–Crippen LogP) is 14.0. The fourth-order valence-electron chi connectivity index (χ4n) is 8.27. The SMILES string of the molecule is [2H]C([2H])([2H])c1cnc(-c2[c-]cc(C(C)(C)Cc3cc(C([2H])([2H])C([2H])([2H])c4c[c-]c(-c5ccccn5)cc4)cc(C([2H])([2H])C([2H])([2H])c4c[c-]c(-c5ccccn5)cc4)c3)cc2)cc1-c1cccc(C2CCCC2)c1.[Ir+3]. The van der Waals surface area contributed by atoms with Gasteiger partial charge >= 0.3 is 20.1 Å². The van der Waals surface area contributed by atoms with Gasteiger partial charge in [0.05, 0.1) is 0 Å². The molecule has 4 heteroatoms. The van der Waals surface area contributed by atoms with Gasteiger partial charge in [0.15, 0.2) is 0 Å². The first kappa shape index (κ1) is 31.9. The smallest absolute Gasteiger partial charge is 0.305 e. The summed E-state index contributed by atoms with van der Waals surface area (Å²) in [7, 11) is 0. The van der Waals surface area contributed by atoms with E-state index in [0.717, 1.165) is 24.0 Å². The third-order valence-electron chi connectivity index (χ3n) is 11.6. The van der Waals surface area contributed by atoms with E-state index >= 15 is 0 Å². The molecule has 0 radical (unpaired) electrons. The summed E-state index contributed by atoms with van der Waals surface area (Å²) >= 11 is 0. The molecule has 314 valence electrons. The van der Waals surface area contributed by atoms with Crippen LogP contribution in [0.2, 0.25) is 0 Å². The van der Waals surface area contributed by atoms with E-state index in [4.69, 9.17) is 4.11 Å². The zero-order chi connectivity index (χ0) is 52.0. The number of hydrogen-bond acceptors (Lipinski definition) is 3. The fourth-order valence-corrected chi connectivity index (χ4v) is 8.27. The van der Waals surface area contributed by atoms with E-state index in [1.54, 1.807) is 60.9 Å². The van der Waals surface area contributed by atoms with Gasteiger partial charge in [-0.25, -0.2) is 0 Å². The van der Waals surface area contributed by atoms with Crippen LogP contribution in [0.5, 0.6) is 0 Å². The molecule has 3 heterocycles. The maximum absolute atomic E-state index is 9.51. The van der Waals surface area contributed by atoms with E-state index in [1.165, 1.54) is 54.9 Å². The van der Waals surface area contributed by atoms with E-state index in [9.17, 15) is 11.0 Å². The normalized spacial score (nSPS) is 16.6. The molecule has 0 saturated heterocycles. The van der Waals surface area contributed by atoms with Gasteiger partial charge in [0, 0.05) is 33.7 Å². The van der Waals surface area contributed by atoms with Crippen molar-refractivity contribution in [1.82, 2.24) is 15.0 Å². The summed E-state index contributed by atoms with van der Waals surface area (Å²) in [5.74, 6) is 0.451. The average Bonchev–Trinajstić information content (AvgIpc) is 3.94. The summed E-state index contributed by atoms with van der Waals surface area (Å²) in [6.07, 6.45) is -1.35. The van der Waals surface area contributed by atoms with Crippen LogP contribution in [0.25, 0.3) is 44.9 Å². The van der Waals surface area contributed by atoms with Gasteiger partial charge in [-0.15, -0.1) is 106 Å². The van der Waals surface area contributed by atoms with E-state index in [2.05, 4.69) is 45.3 Å². The van der Waals surface area contributed by atoms with Crippen LogP contribution >= 0.6 is 0 Å². The molecule has 5 aromatic carbocycles. The van der Waals surface area contributed by atoms with Crippen LogP contribution in [-0.2, 0) is 57.4 Å². The second-order valence-corrected chi connectivity index (χ2v) is 16.6. The topological polar surface area (TPSA) is 38.7 Å². The van der Waals surface area contributed by atoms with Crippen LogP contribution in [0.1, 0.15) is 105 Å². The largest absolute Gasteiger partial charge is 3.00 e. The second-order valence-electron chi connectivity index (χ2n) is 16.6. The van der Waals surface area contributed by atoms with Crippen molar-refractivity contribution >= 4 is 0 Å². The van der Waals surface area contributed by atoms with Gasteiger partial charge in [-0.2, -0.15) is 0 Å². The zero-order valence-corrected chi connectivity index (χ0v) is 37.7. The number of benzene rings is 5. The van der Waals surface area contributed by atoms with Crippen LogP contribution < -0.4 is 0 Å². The molecule has 1 saturated carbocycles. The second kappa shape index (κ2) is 20.1. The molecule has 0 bridgehead atoms. The molecule has 1 aliphatic rings. The first-order valence-electron chi connectivity index (χ1n) is 26.7. The molecule has 0 atom stereocenters. The first-order valence-corrected chi connectivity index (χ1v) is 21.2. The third-order valence-corrected chi connectivity index (χ3v) is 11.6.